The minimum absolute atomic E-state index is 0.00378. The maximum atomic E-state index is 11.5. The average Bonchev–Trinajstić information content (AvgIpc) is 2.13. The molecule has 0 saturated heterocycles. The van der Waals surface area contributed by atoms with Crippen LogP contribution < -0.4 is 5.32 Å². The summed E-state index contributed by atoms with van der Waals surface area (Å²) in [6, 6.07) is 4.56. The highest BCUT2D eigenvalue weighted by Crippen LogP contribution is 2.38. The van der Waals surface area contributed by atoms with E-state index in [1.807, 2.05) is 13.8 Å². The van der Waals surface area contributed by atoms with Crippen molar-refractivity contribution in [1.29, 1.82) is 0 Å². The normalized spacial score (nSPS) is 18.4. The number of amides is 1. The van der Waals surface area contributed by atoms with Crippen LogP contribution in [0.25, 0.3) is 0 Å². The van der Waals surface area contributed by atoms with Crippen molar-refractivity contribution in [2.75, 3.05) is 5.32 Å². The van der Waals surface area contributed by atoms with Crippen LogP contribution in [0.1, 0.15) is 25.8 Å². The number of carbonyl (C=O) groups is 1. The molecular weight excluding hydrogens is 262 g/mol. The second kappa shape index (κ2) is 3.71. The zero-order chi connectivity index (χ0) is 12.8. The van der Waals surface area contributed by atoms with E-state index < -0.39 is 9.05 Å². The molecule has 0 spiro atoms. The molecule has 0 radical (unpaired) electrons. The van der Waals surface area contributed by atoms with Gasteiger partial charge in [-0.25, -0.2) is 8.42 Å². The van der Waals surface area contributed by atoms with Gasteiger partial charge in [0.05, 0.1) is 4.90 Å². The van der Waals surface area contributed by atoms with E-state index in [4.69, 9.17) is 10.7 Å². The largest absolute Gasteiger partial charge is 0.326 e. The number of hydrogen-bond donors (Lipinski definition) is 1. The lowest BCUT2D eigenvalue weighted by Gasteiger charge is -2.32. The second-order valence-electron chi connectivity index (χ2n) is 4.75. The van der Waals surface area contributed by atoms with E-state index in [0.717, 1.165) is 5.56 Å². The van der Waals surface area contributed by atoms with Crippen LogP contribution >= 0.6 is 10.7 Å². The smallest absolute Gasteiger partial charge is 0.261 e. The molecule has 1 heterocycles. The maximum absolute atomic E-state index is 11.5. The minimum atomic E-state index is -3.77. The Kier molecular flexibility index (Phi) is 2.71. The van der Waals surface area contributed by atoms with E-state index in [0.29, 0.717) is 12.1 Å². The van der Waals surface area contributed by atoms with Gasteiger partial charge < -0.3 is 5.32 Å². The molecule has 0 aromatic heterocycles. The predicted molar refractivity (Wildman–Crippen MR) is 65.8 cm³/mol. The first-order valence-corrected chi connectivity index (χ1v) is 7.40. The molecular formula is C11H12ClNO3S. The summed E-state index contributed by atoms with van der Waals surface area (Å²) < 4.78 is 22.4. The van der Waals surface area contributed by atoms with Crippen molar-refractivity contribution in [3.63, 3.8) is 0 Å². The van der Waals surface area contributed by atoms with Crippen LogP contribution in [0, 0.1) is 0 Å². The first-order chi connectivity index (χ1) is 7.70. The van der Waals surface area contributed by atoms with Gasteiger partial charge in [-0.05, 0) is 17.7 Å². The van der Waals surface area contributed by atoms with E-state index in [1.54, 1.807) is 6.07 Å². The third kappa shape index (κ3) is 2.30. The molecule has 1 aromatic carbocycles. The Balaban J connectivity index is 2.61. The molecule has 1 aromatic rings. The fraction of sp³-hybridized carbons (Fsp3) is 0.364. The quantitative estimate of drug-likeness (QED) is 0.798. The number of anilines is 1. The highest BCUT2D eigenvalue weighted by atomic mass is 35.7. The summed E-state index contributed by atoms with van der Waals surface area (Å²) in [4.78, 5) is 11.5. The van der Waals surface area contributed by atoms with Crippen LogP contribution in [0.2, 0.25) is 0 Å². The molecule has 2 rings (SSSR count). The van der Waals surface area contributed by atoms with Gasteiger partial charge >= 0.3 is 0 Å². The molecule has 92 valence electrons. The van der Waals surface area contributed by atoms with Gasteiger partial charge in [0.15, 0.2) is 0 Å². The minimum Gasteiger partial charge on any atom is -0.326 e. The van der Waals surface area contributed by atoms with Gasteiger partial charge in [0.2, 0.25) is 5.91 Å². The average molecular weight is 274 g/mol. The topological polar surface area (TPSA) is 63.2 Å². The molecule has 0 unspecified atom stereocenters. The summed E-state index contributed by atoms with van der Waals surface area (Å²) in [5.74, 6) is -0.119. The number of hydrogen-bond acceptors (Lipinski definition) is 3. The third-order valence-electron chi connectivity index (χ3n) is 2.88. The molecule has 1 aliphatic rings. The Bertz CT molecular complexity index is 593. The molecule has 17 heavy (non-hydrogen) atoms. The molecule has 0 aliphatic carbocycles. The molecule has 1 amide bonds. The van der Waals surface area contributed by atoms with Crippen LogP contribution in [-0.2, 0) is 19.3 Å². The van der Waals surface area contributed by atoms with Gasteiger partial charge in [0.25, 0.3) is 9.05 Å². The van der Waals surface area contributed by atoms with Crippen molar-refractivity contribution < 1.29 is 13.2 Å². The lowest BCUT2D eigenvalue weighted by molar-refractivity contribution is -0.117. The molecule has 0 saturated carbocycles. The van der Waals surface area contributed by atoms with E-state index in [2.05, 4.69) is 5.32 Å². The number of carbonyl (C=O) groups excluding carboxylic acids is 1. The summed E-state index contributed by atoms with van der Waals surface area (Å²) in [6.07, 6.45) is 0.382. The summed E-state index contributed by atoms with van der Waals surface area (Å²) in [5, 5.41) is 2.67. The Morgan fingerprint density at radius 1 is 1.35 bits per heavy atom. The number of rotatable bonds is 1. The fourth-order valence-corrected chi connectivity index (χ4v) is 2.84. The van der Waals surface area contributed by atoms with Crippen LogP contribution in [0.15, 0.2) is 23.1 Å². The monoisotopic (exact) mass is 273 g/mol. The van der Waals surface area contributed by atoms with E-state index in [1.165, 1.54) is 12.1 Å². The lowest BCUT2D eigenvalue weighted by atomic mass is 9.78. The van der Waals surface area contributed by atoms with Crippen molar-refractivity contribution in [3.05, 3.63) is 23.8 Å². The number of benzene rings is 1. The Morgan fingerprint density at radius 2 is 2.00 bits per heavy atom. The van der Waals surface area contributed by atoms with Crippen molar-refractivity contribution in [2.45, 2.75) is 30.6 Å². The van der Waals surface area contributed by atoms with Gasteiger partial charge in [-0.3, -0.25) is 4.79 Å². The number of nitrogens with one attached hydrogen (secondary N) is 1. The molecule has 1 aliphatic heterocycles. The number of halogens is 1. The molecule has 0 bridgehead atoms. The highest BCUT2D eigenvalue weighted by Gasteiger charge is 2.32. The molecule has 1 N–H and O–H groups in total. The zero-order valence-electron chi connectivity index (χ0n) is 9.45. The van der Waals surface area contributed by atoms with Gasteiger partial charge in [-0.2, -0.15) is 0 Å². The summed E-state index contributed by atoms with van der Waals surface area (Å²) in [6.45, 7) is 3.89. The summed E-state index contributed by atoms with van der Waals surface area (Å²) in [5.41, 5.74) is 1.14. The lowest BCUT2D eigenvalue weighted by Crippen LogP contribution is -2.32. The SMILES string of the molecule is CC1(C)CC(=O)Nc2cc(S(=O)(=O)Cl)ccc21. The van der Waals surface area contributed by atoms with Crippen LogP contribution in [-0.4, -0.2) is 14.3 Å². The fourth-order valence-electron chi connectivity index (χ4n) is 2.06. The van der Waals surface area contributed by atoms with Crippen molar-refractivity contribution in [1.82, 2.24) is 0 Å². The van der Waals surface area contributed by atoms with E-state index in [-0.39, 0.29) is 16.2 Å². The number of fused-ring (bicyclic) bond motifs is 1. The predicted octanol–water partition coefficient (Wildman–Crippen LogP) is 2.23. The van der Waals surface area contributed by atoms with Gasteiger partial charge in [-0.15, -0.1) is 0 Å². The molecule has 6 heteroatoms. The zero-order valence-corrected chi connectivity index (χ0v) is 11.0. The highest BCUT2D eigenvalue weighted by molar-refractivity contribution is 8.13. The molecule has 0 fully saturated rings. The van der Waals surface area contributed by atoms with Crippen molar-refractivity contribution >= 4 is 31.3 Å². The van der Waals surface area contributed by atoms with Gasteiger partial charge in [-0.1, -0.05) is 19.9 Å². The standard InChI is InChI=1S/C11H12ClNO3S/c1-11(2)6-10(14)13-9-5-7(17(12,15)16)3-4-8(9)11/h3-5H,6H2,1-2H3,(H,13,14). The van der Waals surface area contributed by atoms with Gasteiger partial charge in [0.1, 0.15) is 0 Å². The maximum Gasteiger partial charge on any atom is 0.261 e. The third-order valence-corrected chi connectivity index (χ3v) is 4.23. The van der Waals surface area contributed by atoms with Crippen LogP contribution in [0.4, 0.5) is 5.69 Å². The van der Waals surface area contributed by atoms with Crippen LogP contribution in [0.5, 0.6) is 0 Å². The Morgan fingerprint density at radius 3 is 2.59 bits per heavy atom. The van der Waals surface area contributed by atoms with E-state index in [9.17, 15) is 13.2 Å². The van der Waals surface area contributed by atoms with Crippen LogP contribution in [0.3, 0.4) is 0 Å². The Labute approximate surface area is 104 Å². The van der Waals surface area contributed by atoms with Crippen molar-refractivity contribution in [2.24, 2.45) is 0 Å². The first-order valence-electron chi connectivity index (χ1n) is 5.09. The second-order valence-corrected chi connectivity index (χ2v) is 7.32. The van der Waals surface area contributed by atoms with Crippen molar-refractivity contribution in [3.8, 4) is 0 Å². The van der Waals surface area contributed by atoms with E-state index >= 15 is 0 Å². The first kappa shape index (κ1) is 12.4. The Hall–Kier alpha value is -1.07. The summed E-state index contributed by atoms with van der Waals surface area (Å²) >= 11 is 0. The van der Waals surface area contributed by atoms with Gasteiger partial charge in [0, 0.05) is 28.2 Å². The molecule has 0 atom stereocenters. The molecule has 4 nitrogen and oxygen atoms in total. The summed E-state index contributed by atoms with van der Waals surface area (Å²) in [7, 11) is 1.50.